The Morgan fingerprint density at radius 2 is 1.88 bits per heavy atom. The van der Waals surface area contributed by atoms with E-state index in [9.17, 15) is 4.79 Å². The van der Waals surface area contributed by atoms with Gasteiger partial charge in [0.1, 0.15) is 0 Å². The molecule has 0 bridgehead atoms. The van der Waals surface area contributed by atoms with Gasteiger partial charge in [-0.1, -0.05) is 0 Å². The van der Waals surface area contributed by atoms with Crippen LogP contribution in [-0.2, 0) is 14.3 Å². The molecule has 1 saturated carbocycles. The molecule has 0 heterocycles. The minimum Gasteiger partial charge on any atom is -0.355 e. The summed E-state index contributed by atoms with van der Waals surface area (Å²) in [5.74, 6) is 0.479. The van der Waals surface area contributed by atoms with Gasteiger partial charge in [-0.2, -0.15) is 0 Å². The molecule has 0 spiro atoms. The van der Waals surface area contributed by atoms with E-state index >= 15 is 0 Å². The third-order valence-corrected chi connectivity index (χ3v) is 2.57. The Morgan fingerprint density at radius 3 is 2.41 bits per heavy atom. The van der Waals surface area contributed by atoms with Gasteiger partial charge in [0.05, 0.1) is 0 Å². The molecular weight excluding hydrogens is 220 g/mol. The minimum absolute atomic E-state index is 0.191. The Bertz CT molecular complexity index is 214. The molecule has 5 nitrogen and oxygen atoms in total. The SMILES string of the molecule is CCOC(CNCCNC(=O)C1CC1)OCC. The van der Waals surface area contributed by atoms with E-state index in [-0.39, 0.29) is 18.1 Å². The van der Waals surface area contributed by atoms with Crippen molar-refractivity contribution in [3.8, 4) is 0 Å². The van der Waals surface area contributed by atoms with E-state index in [4.69, 9.17) is 9.47 Å². The lowest BCUT2D eigenvalue weighted by atomic mass is 10.4. The molecular formula is C12H24N2O3. The lowest BCUT2D eigenvalue weighted by Crippen LogP contribution is -2.37. The molecule has 0 saturated heterocycles. The fourth-order valence-corrected chi connectivity index (χ4v) is 1.52. The summed E-state index contributed by atoms with van der Waals surface area (Å²) < 4.78 is 10.8. The van der Waals surface area contributed by atoms with Crippen LogP contribution in [0.5, 0.6) is 0 Å². The molecule has 1 fully saturated rings. The van der Waals surface area contributed by atoms with Gasteiger partial charge < -0.3 is 20.1 Å². The summed E-state index contributed by atoms with van der Waals surface area (Å²) in [7, 11) is 0. The van der Waals surface area contributed by atoms with Gasteiger partial charge in [-0.25, -0.2) is 0 Å². The summed E-state index contributed by atoms with van der Waals surface area (Å²) in [4.78, 5) is 11.3. The van der Waals surface area contributed by atoms with Crippen LogP contribution < -0.4 is 10.6 Å². The first kappa shape index (κ1) is 14.4. The molecule has 100 valence electrons. The first-order valence-electron chi connectivity index (χ1n) is 6.49. The Balaban J connectivity index is 1.95. The van der Waals surface area contributed by atoms with Gasteiger partial charge in [0.2, 0.25) is 5.91 Å². The highest BCUT2D eigenvalue weighted by atomic mass is 16.7. The quantitative estimate of drug-likeness (QED) is 0.434. The van der Waals surface area contributed by atoms with Crippen molar-refractivity contribution in [2.45, 2.75) is 33.0 Å². The van der Waals surface area contributed by atoms with Crippen LogP contribution in [0.2, 0.25) is 0 Å². The third-order valence-electron chi connectivity index (χ3n) is 2.57. The van der Waals surface area contributed by atoms with Gasteiger partial charge in [0, 0.05) is 38.8 Å². The second kappa shape index (κ2) is 8.44. The number of hydrogen-bond acceptors (Lipinski definition) is 4. The summed E-state index contributed by atoms with van der Waals surface area (Å²) in [6, 6.07) is 0. The van der Waals surface area contributed by atoms with E-state index in [1.807, 2.05) is 13.8 Å². The number of carbonyl (C=O) groups is 1. The maximum Gasteiger partial charge on any atom is 0.223 e. The number of nitrogens with one attached hydrogen (secondary N) is 2. The van der Waals surface area contributed by atoms with Crippen LogP contribution >= 0.6 is 0 Å². The third kappa shape index (κ3) is 6.61. The molecule has 1 rings (SSSR count). The maximum atomic E-state index is 11.3. The summed E-state index contributed by atoms with van der Waals surface area (Å²) in [5.41, 5.74) is 0. The van der Waals surface area contributed by atoms with Crippen LogP contribution in [0.3, 0.4) is 0 Å². The van der Waals surface area contributed by atoms with Gasteiger partial charge in [-0.05, 0) is 26.7 Å². The highest BCUT2D eigenvalue weighted by Crippen LogP contribution is 2.28. The molecule has 0 aliphatic heterocycles. The maximum absolute atomic E-state index is 11.3. The Hall–Kier alpha value is -0.650. The van der Waals surface area contributed by atoms with Crippen molar-refractivity contribution >= 4 is 5.91 Å². The predicted molar refractivity (Wildman–Crippen MR) is 65.6 cm³/mol. The molecule has 0 radical (unpaired) electrons. The summed E-state index contributed by atoms with van der Waals surface area (Å²) in [5, 5.41) is 6.10. The van der Waals surface area contributed by atoms with E-state index in [2.05, 4.69) is 10.6 Å². The van der Waals surface area contributed by atoms with E-state index in [1.165, 1.54) is 0 Å². The minimum atomic E-state index is -0.191. The first-order valence-corrected chi connectivity index (χ1v) is 6.49. The van der Waals surface area contributed by atoms with E-state index in [0.717, 1.165) is 19.4 Å². The number of rotatable bonds is 10. The van der Waals surface area contributed by atoms with Crippen LogP contribution in [0.4, 0.5) is 0 Å². The molecule has 2 N–H and O–H groups in total. The lowest BCUT2D eigenvalue weighted by Gasteiger charge is -2.17. The van der Waals surface area contributed by atoms with Crippen LogP contribution in [0.1, 0.15) is 26.7 Å². The number of amides is 1. The Labute approximate surface area is 103 Å². The van der Waals surface area contributed by atoms with Crippen molar-refractivity contribution < 1.29 is 14.3 Å². The molecule has 0 aromatic rings. The van der Waals surface area contributed by atoms with Crippen LogP contribution in [0.25, 0.3) is 0 Å². The number of ether oxygens (including phenoxy) is 2. The van der Waals surface area contributed by atoms with Crippen molar-refractivity contribution in [1.29, 1.82) is 0 Å². The summed E-state index contributed by atoms with van der Waals surface area (Å²) >= 11 is 0. The highest BCUT2D eigenvalue weighted by molar-refractivity contribution is 5.80. The van der Waals surface area contributed by atoms with Gasteiger partial charge >= 0.3 is 0 Å². The van der Waals surface area contributed by atoms with Crippen molar-refractivity contribution in [3.05, 3.63) is 0 Å². The number of hydrogen-bond donors (Lipinski definition) is 2. The molecule has 0 atom stereocenters. The van der Waals surface area contributed by atoms with Gasteiger partial charge in [-0.15, -0.1) is 0 Å². The van der Waals surface area contributed by atoms with Crippen molar-refractivity contribution in [2.75, 3.05) is 32.8 Å². The number of carbonyl (C=O) groups excluding carboxylic acids is 1. The molecule has 5 heteroatoms. The topological polar surface area (TPSA) is 59.6 Å². The molecule has 1 amide bonds. The van der Waals surface area contributed by atoms with Crippen LogP contribution in [-0.4, -0.2) is 45.0 Å². The molecule has 0 aromatic heterocycles. The predicted octanol–water partition coefficient (Wildman–Crippen LogP) is 0.501. The fraction of sp³-hybridized carbons (Fsp3) is 0.917. The van der Waals surface area contributed by atoms with Crippen LogP contribution in [0.15, 0.2) is 0 Å². The van der Waals surface area contributed by atoms with E-state index < -0.39 is 0 Å². The fourth-order valence-electron chi connectivity index (χ4n) is 1.52. The van der Waals surface area contributed by atoms with Crippen molar-refractivity contribution in [1.82, 2.24) is 10.6 Å². The molecule has 1 aliphatic carbocycles. The monoisotopic (exact) mass is 244 g/mol. The largest absolute Gasteiger partial charge is 0.355 e. The van der Waals surface area contributed by atoms with Gasteiger partial charge in [0.25, 0.3) is 0 Å². The average molecular weight is 244 g/mol. The molecule has 0 aromatic carbocycles. The summed E-state index contributed by atoms with van der Waals surface area (Å²) in [6.45, 7) is 7.25. The zero-order valence-electron chi connectivity index (χ0n) is 10.8. The van der Waals surface area contributed by atoms with E-state index in [1.54, 1.807) is 0 Å². The zero-order chi connectivity index (χ0) is 12.5. The Kier molecular flexibility index (Phi) is 7.16. The second-order valence-electron chi connectivity index (χ2n) is 4.11. The lowest BCUT2D eigenvalue weighted by molar-refractivity contribution is -0.132. The van der Waals surface area contributed by atoms with Gasteiger partial charge in [-0.3, -0.25) is 4.79 Å². The first-order chi connectivity index (χ1) is 8.27. The Morgan fingerprint density at radius 1 is 1.24 bits per heavy atom. The second-order valence-corrected chi connectivity index (χ2v) is 4.11. The van der Waals surface area contributed by atoms with E-state index in [0.29, 0.717) is 26.3 Å². The molecule has 17 heavy (non-hydrogen) atoms. The highest BCUT2D eigenvalue weighted by Gasteiger charge is 2.28. The summed E-state index contributed by atoms with van der Waals surface area (Å²) in [6.07, 6.45) is 1.91. The van der Waals surface area contributed by atoms with Crippen molar-refractivity contribution in [2.24, 2.45) is 5.92 Å². The molecule has 0 unspecified atom stereocenters. The smallest absolute Gasteiger partial charge is 0.223 e. The zero-order valence-corrected chi connectivity index (χ0v) is 10.8. The molecule has 1 aliphatic rings. The van der Waals surface area contributed by atoms with Gasteiger partial charge in [0.15, 0.2) is 6.29 Å². The van der Waals surface area contributed by atoms with Crippen LogP contribution in [0, 0.1) is 5.92 Å². The normalized spacial score (nSPS) is 15.2. The standard InChI is InChI=1S/C12H24N2O3/c1-3-16-11(17-4-2)9-13-7-8-14-12(15)10-5-6-10/h10-11,13H,3-9H2,1-2H3,(H,14,15). The average Bonchev–Trinajstić information content (AvgIpc) is 3.12. The van der Waals surface area contributed by atoms with Crippen molar-refractivity contribution in [3.63, 3.8) is 0 Å².